The summed E-state index contributed by atoms with van der Waals surface area (Å²) >= 11 is 0. The molecule has 0 bridgehead atoms. The molecule has 0 fully saturated rings. The van der Waals surface area contributed by atoms with Crippen molar-refractivity contribution < 1.29 is 19.0 Å². The first-order valence-corrected chi connectivity index (χ1v) is 9.48. The lowest BCUT2D eigenvalue weighted by Crippen LogP contribution is -2.31. The maximum Gasteiger partial charge on any atom is 0.258 e. The number of benzene rings is 2. The lowest BCUT2D eigenvalue weighted by molar-refractivity contribution is -0.123. The highest BCUT2D eigenvalue weighted by Crippen LogP contribution is 2.30. The van der Waals surface area contributed by atoms with E-state index >= 15 is 0 Å². The Bertz CT molecular complexity index is 745. The second-order valence-corrected chi connectivity index (χ2v) is 6.11. The molecule has 146 valence electrons. The summed E-state index contributed by atoms with van der Waals surface area (Å²) in [7, 11) is 0. The predicted molar refractivity (Wildman–Crippen MR) is 107 cm³/mol. The summed E-state index contributed by atoms with van der Waals surface area (Å²) in [6.07, 6.45) is 0.862. The topological polar surface area (TPSA) is 56.8 Å². The number of rotatable bonds is 10. The van der Waals surface area contributed by atoms with Gasteiger partial charge in [-0.2, -0.15) is 0 Å². The number of ether oxygens (including phenoxy) is 3. The van der Waals surface area contributed by atoms with Crippen LogP contribution in [0.1, 0.15) is 44.9 Å². The highest BCUT2D eigenvalue weighted by atomic mass is 16.5. The van der Waals surface area contributed by atoms with Crippen molar-refractivity contribution in [1.82, 2.24) is 5.32 Å². The van der Waals surface area contributed by atoms with Crippen LogP contribution >= 0.6 is 0 Å². The monoisotopic (exact) mass is 371 g/mol. The Morgan fingerprint density at radius 1 is 0.926 bits per heavy atom. The zero-order valence-electron chi connectivity index (χ0n) is 16.6. The Labute approximate surface area is 161 Å². The van der Waals surface area contributed by atoms with Gasteiger partial charge in [0.25, 0.3) is 5.91 Å². The van der Waals surface area contributed by atoms with Crippen molar-refractivity contribution in [1.29, 1.82) is 0 Å². The van der Waals surface area contributed by atoms with Crippen molar-refractivity contribution in [3.05, 3.63) is 53.6 Å². The average Bonchev–Trinajstić information content (AvgIpc) is 2.68. The quantitative estimate of drug-likeness (QED) is 0.676. The summed E-state index contributed by atoms with van der Waals surface area (Å²) in [4.78, 5) is 12.3. The summed E-state index contributed by atoms with van der Waals surface area (Å²) in [6.45, 7) is 8.96. The number of hydrogen-bond acceptors (Lipinski definition) is 4. The summed E-state index contributed by atoms with van der Waals surface area (Å²) in [5.41, 5.74) is 2.04. The molecule has 1 amide bonds. The number of carbonyl (C=O) groups is 1. The van der Waals surface area contributed by atoms with Gasteiger partial charge in [-0.15, -0.1) is 0 Å². The molecule has 1 N–H and O–H groups in total. The van der Waals surface area contributed by atoms with E-state index in [0.29, 0.717) is 24.7 Å². The normalized spacial score (nSPS) is 11.6. The Hall–Kier alpha value is -2.69. The van der Waals surface area contributed by atoms with Crippen LogP contribution in [0.15, 0.2) is 42.5 Å². The van der Waals surface area contributed by atoms with E-state index in [0.717, 1.165) is 23.3 Å². The molecule has 1 atom stereocenters. The third-order valence-electron chi connectivity index (χ3n) is 4.16. The minimum absolute atomic E-state index is 0.0172. The molecule has 0 radical (unpaired) electrons. The molecule has 0 aromatic heterocycles. The lowest BCUT2D eigenvalue weighted by atomic mass is 10.1. The lowest BCUT2D eigenvalue weighted by Gasteiger charge is -2.18. The molecule has 2 rings (SSSR count). The van der Waals surface area contributed by atoms with E-state index in [2.05, 4.69) is 12.2 Å². The summed E-state index contributed by atoms with van der Waals surface area (Å²) in [5, 5.41) is 2.96. The molecule has 0 saturated heterocycles. The van der Waals surface area contributed by atoms with Crippen molar-refractivity contribution in [3.8, 4) is 17.2 Å². The standard InChI is InChI=1S/C22H29NO4/c1-5-17-10-8-9-11-19(17)27-15-22(24)23-16(4)18-12-13-20(25-6-2)21(14-18)26-7-3/h8-14,16H,5-7,15H2,1-4H3,(H,23,24). The zero-order chi connectivity index (χ0) is 19.6. The van der Waals surface area contributed by atoms with Crippen LogP contribution in [0.3, 0.4) is 0 Å². The highest BCUT2D eigenvalue weighted by molar-refractivity contribution is 5.78. The van der Waals surface area contributed by atoms with E-state index in [4.69, 9.17) is 14.2 Å². The van der Waals surface area contributed by atoms with E-state index in [1.165, 1.54) is 0 Å². The third-order valence-corrected chi connectivity index (χ3v) is 4.16. The number of nitrogens with one attached hydrogen (secondary N) is 1. The molecular formula is C22H29NO4. The van der Waals surface area contributed by atoms with Gasteiger partial charge in [0.05, 0.1) is 19.3 Å². The number of carbonyl (C=O) groups excluding carboxylic acids is 1. The largest absolute Gasteiger partial charge is 0.490 e. The Balaban J connectivity index is 1.98. The fraction of sp³-hybridized carbons (Fsp3) is 0.409. The molecule has 0 spiro atoms. The fourth-order valence-electron chi connectivity index (χ4n) is 2.78. The average molecular weight is 371 g/mol. The van der Waals surface area contributed by atoms with Crippen LogP contribution in [0.2, 0.25) is 0 Å². The molecule has 2 aromatic rings. The molecule has 0 aliphatic heterocycles. The van der Waals surface area contributed by atoms with Gasteiger partial charge in [0.2, 0.25) is 0 Å². The van der Waals surface area contributed by atoms with Gasteiger partial charge in [-0.1, -0.05) is 31.2 Å². The number of amides is 1. The Morgan fingerprint density at radius 2 is 1.63 bits per heavy atom. The molecular weight excluding hydrogens is 342 g/mol. The second-order valence-electron chi connectivity index (χ2n) is 6.11. The summed E-state index contributed by atoms with van der Waals surface area (Å²) < 4.78 is 16.9. The zero-order valence-corrected chi connectivity index (χ0v) is 16.6. The van der Waals surface area contributed by atoms with Crippen LogP contribution in [0.5, 0.6) is 17.2 Å². The van der Waals surface area contributed by atoms with Gasteiger partial charge in [0, 0.05) is 0 Å². The van der Waals surface area contributed by atoms with Crippen LogP contribution in [-0.4, -0.2) is 25.7 Å². The molecule has 1 unspecified atom stereocenters. The Morgan fingerprint density at radius 3 is 2.33 bits per heavy atom. The smallest absolute Gasteiger partial charge is 0.258 e. The van der Waals surface area contributed by atoms with Crippen molar-refractivity contribution in [2.24, 2.45) is 0 Å². The van der Waals surface area contributed by atoms with Gasteiger partial charge in [0.1, 0.15) is 5.75 Å². The molecule has 2 aromatic carbocycles. The first-order chi connectivity index (χ1) is 13.1. The van der Waals surface area contributed by atoms with Gasteiger partial charge in [0.15, 0.2) is 18.1 Å². The van der Waals surface area contributed by atoms with Crippen LogP contribution in [0, 0.1) is 0 Å². The molecule has 5 nitrogen and oxygen atoms in total. The van der Waals surface area contributed by atoms with Gasteiger partial charge in [-0.3, -0.25) is 4.79 Å². The van der Waals surface area contributed by atoms with Gasteiger partial charge >= 0.3 is 0 Å². The molecule has 0 aliphatic rings. The number of para-hydroxylation sites is 1. The fourth-order valence-corrected chi connectivity index (χ4v) is 2.78. The first-order valence-electron chi connectivity index (χ1n) is 9.48. The van der Waals surface area contributed by atoms with Crippen LogP contribution in [-0.2, 0) is 11.2 Å². The van der Waals surface area contributed by atoms with Crippen LogP contribution < -0.4 is 19.5 Å². The first kappa shape index (κ1) is 20.6. The van der Waals surface area contributed by atoms with Crippen LogP contribution in [0.4, 0.5) is 0 Å². The van der Waals surface area contributed by atoms with Crippen molar-refractivity contribution in [2.45, 2.75) is 40.2 Å². The maximum atomic E-state index is 12.3. The second kappa shape index (κ2) is 10.5. The summed E-state index contributed by atoms with van der Waals surface area (Å²) in [5.74, 6) is 1.98. The minimum atomic E-state index is -0.169. The highest BCUT2D eigenvalue weighted by Gasteiger charge is 2.14. The van der Waals surface area contributed by atoms with E-state index in [1.807, 2.05) is 63.2 Å². The van der Waals surface area contributed by atoms with Crippen molar-refractivity contribution in [2.75, 3.05) is 19.8 Å². The molecule has 0 heterocycles. The summed E-state index contributed by atoms with van der Waals surface area (Å²) in [6, 6.07) is 13.3. The minimum Gasteiger partial charge on any atom is -0.490 e. The van der Waals surface area contributed by atoms with E-state index in [9.17, 15) is 4.79 Å². The molecule has 0 aliphatic carbocycles. The third kappa shape index (κ3) is 5.91. The van der Waals surface area contributed by atoms with Gasteiger partial charge < -0.3 is 19.5 Å². The molecule has 27 heavy (non-hydrogen) atoms. The van der Waals surface area contributed by atoms with Gasteiger partial charge in [-0.25, -0.2) is 0 Å². The maximum absolute atomic E-state index is 12.3. The van der Waals surface area contributed by atoms with Crippen molar-refractivity contribution >= 4 is 5.91 Å². The predicted octanol–water partition coefficient (Wildman–Crippen LogP) is 4.30. The Kier molecular flexibility index (Phi) is 7.99. The molecule has 5 heteroatoms. The van der Waals surface area contributed by atoms with Crippen LogP contribution in [0.25, 0.3) is 0 Å². The van der Waals surface area contributed by atoms with Gasteiger partial charge in [-0.05, 0) is 56.5 Å². The van der Waals surface area contributed by atoms with E-state index in [-0.39, 0.29) is 18.6 Å². The molecule has 0 saturated carbocycles. The van der Waals surface area contributed by atoms with Crippen molar-refractivity contribution in [3.63, 3.8) is 0 Å². The SMILES string of the molecule is CCOc1ccc(C(C)NC(=O)COc2ccccc2CC)cc1OCC. The van der Waals surface area contributed by atoms with E-state index in [1.54, 1.807) is 0 Å². The number of hydrogen-bond donors (Lipinski definition) is 1. The number of aryl methyl sites for hydroxylation is 1. The van der Waals surface area contributed by atoms with E-state index < -0.39 is 0 Å².